The van der Waals surface area contributed by atoms with Crippen molar-refractivity contribution in [2.24, 2.45) is 0 Å². The van der Waals surface area contributed by atoms with Crippen molar-refractivity contribution in [3.8, 4) is 0 Å². The molecule has 1 rings (SSSR count). The van der Waals surface area contributed by atoms with Gasteiger partial charge in [0.1, 0.15) is 0 Å². The Balaban J connectivity index is 1.84. The molecule has 1 aliphatic carbocycles. The minimum Gasteiger partial charge on any atom is -0.383 e. The molecular formula is C18H36NO2. The number of methoxy groups -OCH3 is 1. The number of nitrogens with zero attached hydrogens (tertiary/aromatic N) is 1. The number of likely N-dealkylation sites (N-methyl/N-ethyl adjacent to an activating group) is 1. The molecule has 21 heavy (non-hydrogen) atoms. The third kappa shape index (κ3) is 9.49. The summed E-state index contributed by atoms with van der Waals surface area (Å²) in [5.41, 5.74) is 0. The molecule has 0 amide bonds. The first-order valence-electron chi connectivity index (χ1n) is 8.89. The van der Waals surface area contributed by atoms with Gasteiger partial charge in [-0.25, -0.2) is 0 Å². The summed E-state index contributed by atoms with van der Waals surface area (Å²) in [6.45, 7) is 6.30. The highest BCUT2D eigenvalue weighted by atomic mass is 16.5. The van der Waals surface area contributed by atoms with Crippen LogP contribution in [0, 0.1) is 5.92 Å². The molecule has 0 spiro atoms. The molecular weight excluding hydrogens is 262 g/mol. The Morgan fingerprint density at radius 2 is 1.71 bits per heavy atom. The van der Waals surface area contributed by atoms with Gasteiger partial charge in [0.05, 0.1) is 12.7 Å². The highest BCUT2D eigenvalue weighted by Gasteiger charge is 2.20. The van der Waals surface area contributed by atoms with E-state index in [1.165, 1.54) is 64.3 Å². The Morgan fingerprint density at radius 3 is 2.38 bits per heavy atom. The van der Waals surface area contributed by atoms with Crippen LogP contribution in [0.5, 0.6) is 0 Å². The van der Waals surface area contributed by atoms with Crippen LogP contribution in [-0.2, 0) is 9.47 Å². The first kappa shape index (κ1) is 18.9. The summed E-state index contributed by atoms with van der Waals surface area (Å²) >= 11 is 0. The molecule has 1 fully saturated rings. The normalized spacial score (nSPS) is 17.7. The number of unbranched alkanes of at least 4 members (excludes halogenated alkanes) is 3. The molecule has 0 aromatic heterocycles. The van der Waals surface area contributed by atoms with E-state index in [4.69, 9.17) is 9.47 Å². The Labute approximate surface area is 132 Å². The molecule has 0 bridgehead atoms. The fourth-order valence-corrected chi connectivity index (χ4v) is 2.97. The van der Waals surface area contributed by atoms with Crippen LogP contribution in [0.15, 0.2) is 0 Å². The van der Waals surface area contributed by atoms with Gasteiger partial charge in [-0.2, -0.15) is 0 Å². The monoisotopic (exact) mass is 298 g/mol. The van der Waals surface area contributed by atoms with E-state index in [9.17, 15) is 0 Å². The van der Waals surface area contributed by atoms with Gasteiger partial charge in [0.15, 0.2) is 0 Å². The maximum Gasteiger partial charge on any atom is 0.0589 e. The highest BCUT2D eigenvalue weighted by Crippen LogP contribution is 2.29. The van der Waals surface area contributed by atoms with Crippen LogP contribution in [0.1, 0.15) is 64.7 Å². The van der Waals surface area contributed by atoms with Crippen molar-refractivity contribution in [2.45, 2.75) is 70.8 Å². The lowest BCUT2D eigenvalue weighted by atomic mass is 9.86. The predicted octanol–water partition coefficient (Wildman–Crippen LogP) is 4.07. The van der Waals surface area contributed by atoms with Gasteiger partial charge in [-0.05, 0) is 64.5 Å². The first-order valence-corrected chi connectivity index (χ1v) is 8.89. The van der Waals surface area contributed by atoms with E-state index in [1.54, 1.807) is 13.0 Å². The largest absolute Gasteiger partial charge is 0.383 e. The van der Waals surface area contributed by atoms with Crippen molar-refractivity contribution in [1.29, 1.82) is 0 Å². The van der Waals surface area contributed by atoms with Crippen LogP contribution in [0.3, 0.4) is 0 Å². The standard InChI is InChI=1S/C18H36NO2/c1-4-17-9-11-18(12-10-17)21-15-8-6-5-7-13-19(2)14-16-20-3/h18H,4-16H2,1-3H3. The zero-order valence-electron chi connectivity index (χ0n) is 14.5. The zero-order valence-corrected chi connectivity index (χ0v) is 14.5. The van der Waals surface area contributed by atoms with E-state index < -0.39 is 0 Å². The maximum atomic E-state index is 6.02. The maximum absolute atomic E-state index is 6.02. The minimum absolute atomic E-state index is 0.542. The van der Waals surface area contributed by atoms with Gasteiger partial charge >= 0.3 is 0 Å². The lowest BCUT2D eigenvalue weighted by Gasteiger charge is -2.27. The van der Waals surface area contributed by atoms with E-state index >= 15 is 0 Å². The summed E-state index contributed by atoms with van der Waals surface area (Å²) in [7, 11) is 3.94. The summed E-state index contributed by atoms with van der Waals surface area (Å²) in [6.07, 6.45) is 12.1. The molecule has 0 heterocycles. The summed E-state index contributed by atoms with van der Waals surface area (Å²) in [5.74, 6) is 1.74. The second-order valence-corrected chi connectivity index (χ2v) is 6.38. The Morgan fingerprint density at radius 1 is 1.00 bits per heavy atom. The number of rotatable bonds is 12. The summed E-state index contributed by atoms with van der Waals surface area (Å²) < 4.78 is 11.1. The Hall–Kier alpha value is -0.120. The van der Waals surface area contributed by atoms with Gasteiger partial charge in [-0.3, -0.25) is 0 Å². The highest BCUT2D eigenvalue weighted by molar-refractivity contribution is 4.93. The van der Waals surface area contributed by atoms with Crippen molar-refractivity contribution >= 4 is 0 Å². The van der Waals surface area contributed by atoms with E-state index in [0.717, 1.165) is 19.8 Å². The number of hydrogen-bond acceptors (Lipinski definition) is 3. The third-order valence-corrected chi connectivity index (χ3v) is 4.60. The molecule has 1 radical (unpaired) electrons. The Bertz CT molecular complexity index is 227. The predicted molar refractivity (Wildman–Crippen MR) is 89.6 cm³/mol. The van der Waals surface area contributed by atoms with E-state index in [1.807, 2.05) is 0 Å². The lowest BCUT2D eigenvalue weighted by molar-refractivity contribution is 0.0290. The molecule has 0 N–H and O–H groups in total. The molecule has 1 aliphatic rings. The molecule has 3 nitrogen and oxygen atoms in total. The van der Waals surface area contributed by atoms with Crippen molar-refractivity contribution in [1.82, 2.24) is 4.90 Å². The fraction of sp³-hybridized carbons (Fsp3) is 0.944. The molecule has 3 heteroatoms. The molecule has 0 saturated heterocycles. The van der Waals surface area contributed by atoms with Crippen molar-refractivity contribution in [3.63, 3.8) is 0 Å². The molecule has 0 unspecified atom stereocenters. The third-order valence-electron chi connectivity index (χ3n) is 4.60. The second kappa shape index (κ2) is 12.4. The van der Waals surface area contributed by atoms with Gasteiger partial charge in [-0.15, -0.1) is 0 Å². The molecule has 0 aliphatic heterocycles. The number of ether oxygens (including phenoxy) is 2. The van der Waals surface area contributed by atoms with Crippen molar-refractivity contribution in [3.05, 3.63) is 5.92 Å². The summed E-state index contributed by atoms with van der Waals surface area (Å²) in [5, 5.41) is 0. The number of hydrogen-bond donors (Lipinski definition) is 0. The van der Waals surface area contributed by atoms with Gasteiger partial charge in [0.25, 0.3) is 0 Å². The van der Waals surface area contributed by atoms with E-state index in [0.29, 0.717) is 6.10 Å². The summed E-state index contributed by atoms with van der Waals surface area (Å²) in [6, 6.07) is 0. The van der Waals surface area contributed by atoms with Crippen molar-refractivity contribution in [2.75, 3.05) is 40.5 Å². The summed E-state index contributed by atoms with van der Waals surface area (Å²) in [4.78, 5) is 2.35. The molecule has 0 atom stereocenters. The topological polar surface area (TPSA) is 21.7 Å². The van der Waals surface area contributed by atoms with Crippen LogP contribution in [0.2, 0.25) is 0 Å². The molecule has 1 saturated carbocycles. The second-order valence-electron chi connectivity index (χ2n) is 6.38. The molecule has 0 aromatic carbocycles. The Kier molecular flexibility index (Phi) is 11.2. The lowest BCUT2D eigenvalue weighted by Crippen LogP contribution is -2.23. The molecule has 0 aromatic rings. The first-order chi connectivity index (χ1) is 10.3. The average molecular weight is 298 g/mol. The van der Waals surface area contributed by atoms with Gasteiger partial charge in [-0.1, -0.05) is 19.8 Å². The van der Waals surface area contributed by atoms with E-state index in [-0.39, 0.29) is 0 Å². The van der Waals surface area contributed by atoms with Crippen molar-refractivity contribution < 1.29 is 9.47 Å². The average Bonchev–Trinajstić information content (AvgIpc) is 2.52. The molecule has 125 valence electrons. The quantitative estimate of drug-likeness (QED) is 0.507. The fourth-order valence-electron chi connectivity index (χ4n) is 2.97. The SMILES string of the molecule is CC[C]1CCC(OCCCCCCN(C)CCOC)CC1. The van der Waals surface area contributed by atoms with Gasteiger partial charge < -0.3 is 14.4 Å². The zero-order chi connectivity index (χ0) is 15.3. The van der Waals surface area contributed by atoms with Crippen LogP contribution in [0.4, 0.5) is 0 Å². The van der Waals surface area contributed by atoms with Crippen LogP contribution < -0.4 is 0 Å². The van der Waals surface area contributed by atoms with Crippen LogP contribution in [0.25, 0.3) is 0 Å². The van der Waals surface area contributed by atoms with E-state index in [2.05, 4.69) is 18.9 Å². The van der Waals surface area contributed by atoms with Crippen LogP contribution >= 0.6 is 0 Å². The van der Waals surface area contributed by atoms with Gasteiger partial charge in [0.2, 0.25) is 0 Å². The minimum atomic E-state index is 0.542. The smallest absolute Gasteiger partial charge is 0.0589 e. The van der Waals surface area contributed by atoms with Gasteiger partial charge in [0, 0.05) is 20.3 Å². The van der Waals surface area contributed by atoms with Crippen LogP contribution in [-0.4, -0.2) is 51.5 Å².